The van der Waals surface area contributed by atoms with E-state index in [1.807, 2.05) is 0 Å². The molecule has 0 atom stereocenters. The van der Waals surface area contributed by atoms with Gasteiger partial charge in [-0.3, -0.25) is 25.7 Å². The van der Waals surface area contributed by atoms with Gasteiger partial charge in [0.15, 0.2) is 0 Å². The lowest BCUT2D eigenvalue weighted by Gasteiger charge is -2.26. The molecule has 1 amide bonds. The lowest BCUT2D eigenvalue weighted by Crippen LogP contribution is -2.45. The van der Waals surface area contributed by atoms with Crippen molar-refractivity contribution in [2.75, 3.05) is 14.1 Å². The fourth-order valence-electron chi connectivity index (χ4n) is 2.24. The highest BCUT2D eigenvalue weighted by atomic mass is 32.1. The Morgan fingerprint density at radius 2 is 1.39 bits per heavy atom. The van der Waals surface area contributed by atoms with Crippen LogP contribution in [0.25, 0.3) is 0 Å². The normalized spacial score (nSPS) is 20.3. The maximum atomic E-state index is 11.9. The molecule has 3 N–H and O–H groups in total. The Kier molecular flexibility index (Phi) is 4.86. The third kappa shape index (κ3) is 4.32. The minimum atomic E-state index is -0.457. The average molecular weight is 357 g/mol. The van der Waals surface area contributed by atoms with Crippen LogP contribution in [-0.2, 0) is 4.79 Å². The van der Waals surface area contributed by atoms with E-state index in [-0.39, 0.29) is 16.7 Å². The molecule has 2 fully saturated rings. The van der Waals surface area contributed by atoms with Crippen LogP contribution in [0.4, 0.5) is 0 Å². The summed E-state index contributed by atoms with van der Waals surface area (Å²) in [4.78, 5) is 13.4. The van der Waals surface area contributed by atoms with Gasteiger partial charge < -0.3 is 5.11 Å². The molecule has 2 aliphatic rings. The van der Waals surface area contributed by atoms with E-state index in [1.54, 1.807) is 19.1 Å². The molecule has 8 heteroatoms. The zero-order valence-electron chi connectivity index (χ0n) is 14.0. The number of aliphatic hydroxyl groups is 1. The van der Waals surface area contributed by atoms with Gasteiger partial charge in [-0.1, -0.05) is 38.3 Å². The molecular formula is C15H24N4O2S2. The van der Waals surface area contributed by atoms with E-state index in [4.69, 9.17) is 24.4 Å². The minimum absolute atomic E-state index is 0.00743. The molecule has 128 valence electrons. The van der Waals surface area contributed by atoms with Crippen LogP contribution in [0.15, 0.2) is 12.0 Å². The highest BCUT2D eigenvalue weighted by molar-refractivity contribution is 7.80. The highest BCUT2D eigenvalue weighted by Crippen LogP contribution is 2.47. The van der Waals surface area contributed by atoms with Crippen LogP contribution in [0.5, 0.6) is 0 Å². The number of hydrogen-bond acceptors (Lipinski definition) is 5. The molecule has 0 radical (unpaired) electrons. The van der Waals surface area contributed by atoms with E-state index in [9.17, 15) is 9.90 Å². The molecule has 0 aromatic rings. The first-order valence-electron chi connectivity index (χ1n) is 7.62. The zero-order valence-corrected chi connectivity index (χ0v) is 15.6. The van der Waals surface area contributed by atoms with Gasteiger partial charge in [0.05, 0.1) is 6.08 Å². The van der Waals surface area contributed by atoms with Crippen molar-refractivity contribution in [3.63, 3.8) is 0 Å². The number of carbonyl (C=O) groups excluding carboxylic acids is 1. The van der Waals surface area contributed by atoms with Crippen molar-refractivity contribution in [2.24, 2.45) is 10.8 Å². The third-order valence-corrected chi connectivity index (χ3v) is 6.00. The summed E-state index contributed by atoms with van der Waals surface area (Å²) in [5, 5.41) is 13.0. The Hall–Kier alpha value is -1.41. The lowest BCUT2D eigenvalue weighted by atomic mass is 10.1. The van der Waals surface area contributed by atoms with E-state index < -0.39 is 5.91 Å². The van der Waals surface area contributed by atoms with E-state index in [2.05, 4.69) is 24.7 Å². The largest absolute Gasteiger partial charge is 0.494 e. The fourth-order valence-corrected chi connectivity index (χ4v) is 2.74. The monoisotopic (exact) mass is 356 g/mol. The quantitative estimate of drug-likeness (QED) is 0.301. The van der Waals surface area contributed by atoms with E-state index in [1.165, 1.54) is 5.01 Å². The third-order valence-electron chi connectivity index (χ3n) is 4.47. The van der Waals surface area contributed by atoms with Crippen molar-refractivity contribution >= 4 is 40.3 Å². The molecule has 2 rings (SSSR count). The second-order valence-corrected chi connectivity index (χ2v) is 7.74. The summed E-state index contributed by atoms with van der Waals surface area (Å²) in [5.41, 5.74) is 5.35. The lowest BCUT2D eigenvalue weighted by molar-refractivity contribution is -0.119. The maximum Gasteiger partial charge on any atom is 0.267 e. The summed E-state index contributed by atoms with van der Waals surface area (Å²) < 4.78 is 0. The molecule has 0 aromatic heterocycles. The molecule has 0 aliphatic heterocycles. The van der Waals surface area contributed by atoms with Crippen molar-refractivity contribution in [3.8, 4) is 0 Å². The van der Waals surface area contributed by atoms with Crippen molar-refractivity contribution in [2.45, 2.75) is 39.5 Å². The zero-order chi connectivity index (χ0) is 17.4. The van der Waals surface area contributed by atoms with Crippen LogP contribution >= 0.6 is 24.4 Å². The van der Waals surface area contributed by atoms with Gasteiger partial charge in [0.1, 0.15) is 9.98 Å². The highest BCUT2D eigenvalue weighted by Gasteiger charge is 2.44. The summed E-state index contributed by atoms with van der Waals surface area (Å²) in [6.45, 7) is 4.15. The molecule has 2 saturated carbocycles. The number of hydrazine groups is 2. The Morgan fingerprint density at radius 3 is 1.78 bits per heavy atom. The predicted molar refractivity (Wildman–Crippen MR) is 97.4 cm³/mol. The number of nitrogens with one attached hydrogen (secondary N) is 2. The molecular weight excluding hydrogens is 332 g/mol. The average Bonchev–Trinajstić information content (AvgIpc) is 3.37. The SMILES string of the molecule is CN(NC(=O)/C=C(\O)NN(C)C(=S)C1(C)CC1)C(=S)C1(C)CC1. The summed E-state index contributed by atoms with van der Waals surface area (Å²) in [5.74, 6) is -0.727. The number of amides is 1. The summed E-state index contributed by atoms with van der Waals surface area (Å²) in [6, 6.07) is 0. The number of hydrogen-bond donors (Lipinski definition) is 3. The van der Waals surface area contributed by atoms with Crippen molar-refractivity contribution in [1.82, 2.24) is 20.9 Å². The number of carbonyl (C=O) groups is 1. The van der Waals surface area contributed by atoms with Gasteiger partial charge in [-0.15, -0.1) is 0 Å². The standard InChI is InChI=1S/C15H24N4O2S2/c1-14(5-6-14)12(22)18(3)16-10(20)9-11(21)17-19(4)13(23)15(2)7-8-15/h9,16,20H,5-8H2,1-4H3,(H,17,21)/b10-9-. The Bertz CT molecular complexity index is 568. The molecule has 0 saturated heterocycles. The Labute approximate surface area is 147 Å². The first-order valence-corrected chi connectivity index (χ1v) is 8.43. The Balaban J connectivity index is 1.83. The second-order valence-electron chi connectivity index (χ2n) is 6.97. The van der Waals surface area contributed by atoms with Crippen LogP contribution in [0.1, 0.15) is 39.5 Å². The predicted octanol–water partition coefficient (Wildman–Crippen LogP) is 2.04. The first-order chi connectivity index (χ1) is 10.6. The van der Waals surface area contributed by atoms with Gasteiger partial charge in [0, 0.05) is 24.9 Å². The molecule has 2 aliphatic carbocycles. The van der Waals surface area contributed by atoms with E-state index in [0.717, 1.165) is 36.7 Å². The van der Waals surface area contributed by atoms with Gasteiger partial charge in [-0.2, -0.15) is 0 Å². The van der Waals surface area contributed by atoms with E-state index in [0.29, 0.717) is 4.99 Å². The first kappa shape index (κ1) is 17.9. The Morgan fingerprint density at radius 1 is 1.00 bits per heavy atom. The van der Waals surface area contributed by atoms with Gasteiger partial charge in [0.2, 0.25) is 5.88 Å². The van der Waals surface area contributed by atoms with E-state index >= 15 is 0 Å². The maximum absolute atomic E-state index is 11.9. The van der Waals surface area contributed by atoms with Crippen LogP contribution in [0, 0.1) is 10.8 Å². The molecule has 0 spiro atoms. The number of aliphatic hydroxyl groups excluding tert-OH is 1. The summed E-state index contributed by atoms with van der Waals surface area (Å²) in [6.07, 6.45) is 5.24. The molecule has 0 heterocycles. The smallest absolute Gasteiger partial charge is 0.267 e. The second kappa shape index (κ2) is 6.24. The summed E-state index contributed by atoms with van der Waals surface area (Å²) >= 11 is 10.7. The molecule has 23 heavy (non-hydrogen) atoms. The van der Waals surface area contributed by atoms with Gasteiger partial charge in [-0.25, -0.2) is 0 Å². The van der Waals surface area contributed by atoms with Crippen molar-refractivity contribution < 1.29 is 9.90 Å². The van der Waals surface area contributed by atoms with Crippen LogP contribution in [-0.4, -0.2) is 45.1 Å². The van der Waals surface area contributed by atoms with Crippen LogP contribution in [0.3, 0.4) is 0 Å². The molecule has 6 nitrogen and oxygen atoms in total. The number of rotatable bonds is 5. The van der Waals surface area contributed by atoms with Crippen molar-refractivity contribution in [1.29, 1.82) is 0 Å². The van der Waals surface area contributed by atoms with Gasteiger partial charge >= 0.3 is 0 Å². The van der Waals surface area contributed by atoms with Crippen LogP contribution < -0.4 is 10.9 Å². The van der Waals surface area contributed by atoms with Gasteiger partial charge in [-0.05, 0) is 25.7 Å². The van der Waals surface area contributed by atoms with Crippen LogP contribution in [0.2, 0.25) is 0 Å². The van der Waals surface area contributed by atoms with Gasteiger partial charge in [0.25, 0.3) is 5.91 Å². The minimum Gasteiger partial charge on any atom is -0.494 e. The fraction of sp³-hybridized carbons (Fsp3) is 0.667. The van der Waals surface area contributed by atoms with Crippen molar-refractivity contribution in [3.05, 3.63) is 12.0 Å². The number of thiocarbonyl (C=S) groups is 2. The summed E-state index contributed by atoms with van der Waals surface area (Å²) in [7, 11) is 3.43. The molecule has 0 aromatic carbocycles. The number of nitrogens with zero attached hydrogens (tertiary/aromatic N) is 2. The molecule has 0 bridgehead atoms. The molecule has 0 unspecified atom stereocenters. The topological polar surface area (TPSA) is 67.8 Å².